The predicted octanol–water partition coefficient (Wildman–Crippen LogP) is 3.29. The van der Waals surface area contributed by atoms with Gasteiger partial charge < -0.3 is 10.4 Å². The minimum absolute atomic E-state index is 0.0746. The number of imide groups is 1. The summed E-state index contributed by atoms with van der Waals surface area (Å²) in [6.45, 7) is 6.00. The lowest BCUT2D eigenvalue weighted by molar-refractivity contribution is 0.0908. The minimum Gasteiger partial charge on any atom is -0.395 e. The van der Waals surface area contributed by atoms with E-state index in [4.69, 9.17) is 5.11 Å². The van der Waals surface area contributed by atoms with Crippen molar-refractivity contribution >= 4 is 23.4 Å². The first-order valence-electron chi connectivity index (χ1n) is 9.98. The highest BCUT2D eigenvalue weighted by molar-refractivity contribution is 6.36. The van der Waals surface area contributed by atoms with Crippen LogP contribution in [0.25, 0.3) is 0 Å². The molecule has 152 valence electrons. The standard InChI is InChI=1S/C23H26N2O4/c1-4-14(3)16-9-6-8-15(5-2)20(16)25-22(28)18-11-7-10-17(19(18)23(25)29)21(27)24-12-13-26/h6-11,14,26H,4-5,12-13H2,1-3H3,(H,24,27). The summed E-state index contributed by atoms with van der Waals surface area (Å²) in [5.41, 5.74) is 3.01. The maximum absolute atomic E-state index is 13.4. The highest BCUT2D eigenvalue weighted by atomic mass is 16.3. The van der Waals surface area contributed by atoms with E-state index in [1.165, 1.54) is 11.0 Å². The maximum atomic E-state index is 13.4. The molecule has 0 radical (unpaired) electrons. The fraction of sp³-hybridized carbons (Fsp3) is 0.348. The van der Waals surface area contributed by atoms with Crippen LogP contribution in [-0.2, 0) is 6.42 Å². The Hall–Kier alpha value is -2.99. The van der Waals surface area contributed by atoms with Crippen molar-refractivity contribution < 1.29 is 19.5 Å². The summed E-state index contributed by atoms with van der Waals surface area (Å²) in [5, 5.41) is 11.5. The maximum Gasteiger partial charge on any atom is 0.266 e. The largest absolute Gasteiger partial charge is 0.395 e. The second-order valence-electron chi connectivity index (χ2n) is 7.17. The monoisotopic (exact) mass is 394 g/mol. The Morgan fingerprint density at radius 2 is 1.83 bits per heavy atom. The van der Waals surface area contributed by atoms with Crippen LogP contribution in [0.5, 0.6) is 0 Å². The van der Waals surface area contributed by atoms with Crippen LogP contribution in [0.1, 0.15) is 75.3 Å². The van der Waals surface area contributed by atoms with Crippen LogP contribution in [0, 0.1) is 0 Å². The van der Waals surface area contributed by atoms with Crippen LogP contribution in [0.2, 0.25) is 0 Å². The van der Waals surface area contributed by atoms with E-state index in [1.807, 2.05) is 25.1 Å². The molecule has 2 aromatic carbocycles. The summed E-state index contributed by atoms with van der Waals surface area (Å²) in [6, 6.07) is 10.6. The molecule has 1 unspecified atom stereocenters. The number of aliphatic hydroxyl groups is 1. The van der Waals surface area contributed by atoms with Gasteiger partial charge in [0.2, 0.25) is 0 Å². The van der Waals surface area contributed by atoms with E-state index in [0.717, 1.165) is 17.5 Å². The van der Waals surface area contributed by atoms with Gasteiger partial charge in [-0.25, -0.2) is 4.90 Å². The Kier molecular flexibility index (Phi) is 6.13. The number of amides is 3. The molecule has 29 heavy (non-hydrogen) atoms. The van der Waals surface area contributed by atoms with Crippen molar-refractivity contribution in [3.8, 4) is 0 Å². The molecule has 6 nitrogen and oxygen atoms in total. The Morgan fingerprint density at radius 3 is 2.48 bits per heavy atom. The number of carbonyl (C=O) groups excluding carboxylic acids is 3. The molecule has 0 aliphatic carbocycles. The summed E-state index contributed by atoms with van der Waals surface area (Å²) in [6.07, 6.45) is 1.55. The van der Waals surface area contributed by atoms with Crippen molar-refractivity contribution in [3.63, 3.8) is 0 Å². The third kappa shape index (κ3) is 3.56. The van der Waals surface area contributed by atoms with Gasteiger partial charge in [0, 0.05) is 6.54 Å². The Balaban J connectivity index is 2.15. The molecular formula is C23H26N2O4. The lowest BCUT2D eigenvalue weighted by atomic mass is 9.92. The number of hydrogen-bond acceptors (Lipinski definition) is 4. The van der Waals surface area contributed by atoms with Crippen molar-refractivity contribution in [2.45, 2.75) is 39.5 Å². The van der Waals surface area contributed by atoms with Crippen LogP contribution >= 0.6 is 0 Å². The molecule has 1 aliphatic rings. The number of aliphatic hydroxyl groups excluding tert-OH is 1. The molecule has 0 spiro atoms. The number of aryl methyl sites for hydroxylation is 1. The highest BCUT2D eigenvalue weighted by Crippen LogP contribution is 2.38. The van der Waals surface area contributed by atoms with E-state index in [9.17, 15) is 14.4 Å². The molecule has 0 fully saturated rings. The number of fused-ring (bicyclic) bond motifs is 1. The van der Waals surface area contributed by atoms with Gasteiger partial charge >= 0.3 is 0 Å². The first-order chi connectivity index (χ1) is 14.0. The van der Waals surface area contributed by atoms with Crippen molar-refractivity contribution in [3.05, 3.63) is 64.2 Å². The van der Waals surface area contributed by atoms with Crippen molar-refractivity contribution in [2.75, 3.05) is 18.1 Å². The molecule has 6 heteroatoms. The molecule has 3 rings (SSSR count). The Labute approximate surface area is 170 Å². The number of benzene rings is 2. The minimum atomic E-state index is -0.482. The second-order valence-corrected chi connectivity index (χ2v) is 7.17. The van der Waals surface area contributed by atoms with Gasteiger partial charge in [0.15, 0.2) is 0 Å². The first kappa shape index (κ1) is 20.7. The fourth-order valence-corrected chi connectivity index (χ4v) is 3.73. The van der Waals surface area contributed by atoms with E-state index in [0.29, 0.717) is 12.1 Å². The van der Waals surface area contributed by atoms with Crippen molar-refractivity contribution in [1.29, 1.82) is 0 Å². The van der Waals surface area contributed by atoms with E-state index in [-0.39, 0.29) is 35.8 Å². The van der Waals surface area contributed by atoms with E-state index in [2.05, 4.69) is 19.2 Å². The highest BCUT2D eigenvalue weighted by Gasteiger charge is 2.41. The molecule has 3 amide bonds. The molecule has 2 aromatic rings. The fourth-order valence-electron chi connectivity index (χ4n) is 3.73. The van der Waals surface area contributed by atoms with Gasteiger partial charge in [-0.3, -0.25) is 14.4 Å². The van der Waals surface area contributed by atoms with Gasteiger partial charge in [-0.05, 0) is 42.0 Å². The number of rotatable bonds is 7. The molecular weight excluding hydrogens is 368 g/mol. The molecule has 0 saturated heterocycles. The third-order valence-corrected chi connectivity index (χ3v) is 5.46. The normalized spacial score (nSPS) is 14.1. The molecule has 1 atom stereocenters. The number of anilines is 1. The molecule has 0 bridgehead atoms. The summed E-state index contributed by atoms with van der Waals surface area (Å²) >= 11 is 0. The number of hydrogen-bond donors (Lipinski definition) is 2. The van der Waals surface area contributed by atoms with Gasteiger partial charge in [-0.15, -0.1) is 0 Å². The smallest absolute Gasteiger partial charge is 0.266 e. The van der Waals surface area contributed by atoms with Crippen LogP contribution < -0.4 is 10.2 Å². The van der Waals surface area contributed by atoms with Crippen LogP contribution in [0.3, 0.4) is 0 Å². The van der Waals surface area contributed by atoms with Gasteiger partial charge in [0.1, 0.15) is 0 Å². The summed E-state index contributed by atoms with van der Waals surface area (Å²) < 4.78 is 0. The van der Waals surface area contributed by atoms with Crippen molar-refractivity contribution in [2.24, 2.45) is 0 Å². The lowest BCUT2D eigenvalue weighted by Crippen LogP contribution is -2.32. The summed E-state index contributed by atoms with van der Waals surface area (Å²) in [7, 11) is 0. The number of para-hydroxylation sites is 1. The molecule has 1 aliphatic heterocycles. The van der Waals surface area contributed by atoms with Gasteiger partial charge in [0.25, 0.3) is 17.7 Å². The molecule has 1 heterocycles. The number of carbonyl (C=O) groups is 3. The van der Waals surface area contributed by atoms with Crippen LogP contribution in [0.4, 0.5) is 5.69 Å². The van der Waals surface area contributed by atoms with Crippen LogP contribution in [0.15, 0.2) is 36.4 Å². The van der Waals surface area contributed by atoms with Crippen molar-refractivity contribution in [1.82, 2.24) is 5.32 Å². The Bertz CT molecular complexity index is 967. The molecule has 2 N–H and O–H groups in total. The predicted molar refractivity (Wildman–Crippen MR) is 112 cm³/mol. The van der Waals surface area contributed by atoms with Gasteiger partial charge in [-0.1, -0.05) is 45.0 Å². The zero-order valence-corrected chi connectivity index (χ0v) is 17.0. The average molecular weight is 394 g/mol. The summed E-state index contributed by atoms with van der Waals surface area (Å²) in [4.78, 5) is 40.4. The van der Waals surface area contributed by atoms with E-state index in [1.54, 1.807) is 12.1 Å². The average Bonchev–Trinajstić information content (AvgIpc) is 3.00. The second kappa shape index (κ2) is 8.57. The van der Waals surface area contributed by atoms with E-state index < -0.39 is 17.7 Å². The number of nitrogens with one attached hydrogen (secondary N) is 1. The Morgan fingerprint density at radius 1 is 1.10 bits per heavy atom. The zero-order chi connectivity index (χ0) is 21.1. The summed E-state index contributed by atoms with van der Waals surface area (Å²) in [5.74, 6) is -1.20. The molecule has 0 saturated carbocycles. The first-order valence-corrected chi connectivity index (χ1v) is 9.98. The SMILES string of the molecule is CCc1cccc(C(C)CC)c1N1C(=O)c2cccc(C(=O)NCCO)c2C1=O. The van der Waals surface area contributed by atoms with Crippen LogP contribution in [-0.4, -0.2) is 36.0 Å². The lowest BCUT2D eigenvalue weighted by Gasteiger charge is -2.24. The third-order valence-electron chi connectivity index (χ3n) is 5.46. The van der Waals surface area contributed by atoms with Gasteiger partial charge in [-0.2, -0.15) is 0 Å². The van der Waals surface area contributed by atoms with E-state index >= 15 is 0 Å². The topological polar surface area (TPSA) is 86.7 Å². The quantitative estimate of drug-likeness (QED) is 0.706. The van der Waals surface area contributed by atoms with Gasteiger partial charge in [0.05, 0.1) is 29.0 Å². The molecule has 0 aromatic heterocycles. The number of nitrogens with zero attached hydrogens (tertiary/aromatic N) is 1. The zero-order valence-electron chi connectivity index (χ0n) is 17.0.